The van der Waals surface area contributed by atoms with Crippen molar-refractivity contribution in [1.82, 2.24) is 14.8 Å². The molecule has 1 aromatic carbocycles. The number of piperazine rings is 1. The number of benzene rings is 1. The number of hydrogen-bond acceptors (Lipinski definition) is 3. The maximum Gasteiger partial charge on any atom is 0.270 e. The Hall–Kier alpha value is -2.34. The summed E-state index contributed by atoms with van der Waals surface area (Å²) >= 11 is 0. The lowest BCUT2D eigenvalue weighted by Gasteiger charge is -2.38. The molecule has 2 aromatic rings. The molecule has 2 fully saturated rings. The highest BCUT2D eigenvalue weighted by molar-refractivity contribution is 5.98. The fourth-order valence-electron chi connectivity index (χ4n) is 4.01. The Kier molecular flexibility index (Phi) is 4.00. The minimum Gasteiger partial charge on any atom is -0.351 e. The highest BCUT2D eigenvalue weighted by Gasteiger charge is 2.40. The van der Waals surface area contributed by atoms with Gasteiger partial charge in [0.2, 0.25) is 5.91 Å². The van der Waals surface area contributed by atoms with Gasteiger partial charge in [-0.2, -0.15) is 0 Å². The van der Waals surface area contributed by atoms with E-state index in [-0.39, 0.29) is 11.8 Å². The molecule has 132 valence electrons. The zero-order chi connectivity index (χ0) is 17.4. The Labute approximate surface area is 147 Å². The predicted octanol–water partition coefficient (Wildman–Crippen LogP) is 1.72. The first kappa shape index (κ1) is 16.1. The number of nitrogens with zero attached hydrogens (tertiary/aromatic N) is 2. The first-order valence-electron chi connectivity index (χ1n) is 9.02. The number of para-hydroxylation sites is 1. The van der Waals surface area contributed by atoms with Crippen molar-refractivity contribution in [3.05, 3.63) is 36.0 Å². The normalized spacial score (nSPS) is 20.2. The monoisotopic (exact) mass is 340 g/mol. The SMILES string of the molecule is NC1(C(=O)N2CCN(C(=O)c3cc4ccccc4[nH]3)CC2)CCCC1. The quantitative estimate of drug-likeness (QED) is 0.873. The standard InChI is InChI=1S/C19H24N4O2/c20-19(7-3-4-8-19)18(25)23-11-9-22(10-12-23)17(24)16-13-14-5-1-2-6-15(14)21-16/h1-2,5-6,13,21H,3-4,7-12,20H2. The summed E-state index contributed by atoms with van der Waals surface area (Å²) in [5, 5.41) is 1.03. The molecular weight excluding hydrogens is 316 g/mol. The molecule has 0 spiro atoms. The summed E-state index contributed by atoms with van der Waals surface area (Å²) in [5.74, 6) is 0.0503. The van der Waals surface area contributed by atoms with Crippen LogP contribution >= 0.6 is 0 Å². The molecule has 1 saturated carbocycles. The Morgan fingerprint density at radius 2 is 1.64 bits per heavy atom. The molecule has 2 heterocycles. The van der Waals surface area contributed by atoms with Gasteiger partial charge in [-0.05, 0) is 25.0 Å². The second-order valence-corrected chi connectivity index (χ2v) is 7.22. The lowest BCUT2D eigenvalue weighted by molar-refractivity contribution is -0.138. The van der Waals surface area contributed by atoms with Gasteiger partial charge in [0.1, 0.15) is 5.69 Å². The van der Waals surface area contributed by atoms with E-state index in [4.69, 9.17) is 5.73 Å². The van der Waals surface area contributed by atoms with Crippen molar-refractivity contribution in [3.8, 4) is 0 Å². The van der Waals surface area contributed by atoms with Crippen LogP contribution in [0.25, 0.3) is 10.9 Å². The molecule has 25 heavy (non-hydrogen) atoms. The van der Waals surface area contributed by atoms with E-state index in [1.807, 2.05) is 40.1 Å². The van der Waals surface area contributed by atoms with Gasteiger partial charge in [-0.3, -0.25) is 9.59 Å². The molecule has 3 N–H and O–H groups in total. The Balaban J connectivity index is 1.41. The average molecular weight is 340 g/mol. The first-order valence-corrected chi connectivity index (χ1v) is 9.02. The van der Waals surface area contributed by atoms with Crippen molar-refractivity contribution in [2.75, 3.05) is 26.2 Å². The van der Waals surface area contributed by atoms with Crippen LogP contribution in [0.5, 0.6) is 0 Å². The highest BCUT2D eigenvalue weighted by atomic mass is 16.2. The zero-order valence-corrected chi connectivity index (χ0v) is 14.3. The molecule has 2 amide bonds. The first-order chi connectivity index (χ1) is 12.1. The van der Waals surface area contributed by atoms with E-state index in [2.05, 4.69) is 4.98 Å². The summed E-state index contributed by atoms with van der Waals surface area (Å²) in [6.07, 6.45) is 3.61. The number of amides is 2. The number of hydrogen-bond donors (Lipinski definition) is 2. The molecule has 1 aromatic heterocycles. The lowest BCUT2D eigenvalue weighted by Crippen LogP contribution is -2.59. The summed E-state index contributed by atoms with van der Waals surface area (Å²) < 4.78 is 0. The summed E-state index contributed by atoms with van der Waals surface area (Å²) in [6.45, 7) is 2.22. The highest BCUT2D eigenvalue weighted by Crippen LogP contribution is 2.29. The molecule has 1 aliphatic carbocycles. The summed E-state index contributed by atoms with van der Waals surface area (Å²) in [5.41, 5.74) is 7.18. The van der Waals surface area contributed by atoms with Gasteiger partial charge in [0.15, 0.2) is 0 Å². The molecule has 6 nitrogen and oxygen atoms in total. The van der Waals surface area contributed by atoms with E-state index in [9.17, 15) is 9.59 Å². The van der Waals surface area contributed by atoms with Crippen LogP contribution in [0.4, 0.5) is 0 Å². The van der Waals surface area contributed by atoms with Crippen LogP contribution in [0.15, 0.2) is 30.3 Å². The third-order valence-corrected chi connectivity index (χ3v) is 5.54. The van der Waals surface area contributed by atoms with Crippen LogP contribution in [0, 0.1) is 0 Å². The average Bonchev–Trinajstić information content (AvgIpc) is 3.27. The van der Waals surface area contributed by atoms with Gasteiger partial charge in [0, 0.05) is 37.1 Å². The maximum absolute atomic E-state index is 12.7. The fourth-order valence-corrected chi connectivity index (χ4v) is 4.01. The summed E-state index contributed by atoms with van der Waals surface area (Å²) in [6, 6.07) is 9.75. The van der Waals surface area contributed by atoms with Crippen molar-refractivity contribution < 1.29 is 9.59 Å². The van der Waals surface area contributed by atoms with Crippen LogP contribution in [-0.4, -0.2) is 58.3 Å². The Morgan fingerprint density at radius 1 is 1.00 bits per heavy atom. The second-order valence-electron chi connectivity index (χ2n) is 7.22. The largest absolute Gasteiger partial charge is 0.351 e. The van der Waals surface area contributed by atoms with E-state index in [0.29, 0.717) is 31.9 Å². The van der Waals surface area contributed by atoms with Crippen LogP contribution in [-0.2, 0) is 4.79 Å². The van der Waals surface area contributed by atoms with Crippen LogP contribution in [0.1, 0.15) is 36.2 Å². The van der Waals surface area contributed by atoms with Gasteiger partial charge in [-0.25, -0.2) is 0 Å². The fraction of sp³-hybridized carbons (Fsp3) is 0.474. The number of carbonyl (C=O) groups is 2. The third kappa shape index (κ3) is 2.91. The van der Waals surface area contributed by atoms with Crippen molar-refractivity contribution in [2.45, 2.75) is 31.2 Å². The van der Waals surface area contributed by atoms with E-state index >= 15 is 0 Å². The van der Waals surface area contributed by atoms with E-state index in [1.165, 1.54) is 0 Å². The minimum atomic E-state index is -0.677. The molecule has 0 atom stereocenters. The molecule has 0 bridgehead atoms. The topological polar surface area (TPSA) is 82.4 Å². The number of aromatic nitrogens is 1. The minimum absolute atomic E-state index is 0.00775. The van der Waals surface area contributed by atoms with Crippen molar-refractivity contribution in [2.24, 2.45) is 5.73 Å². The predicted molar refractivity (Wildman–Crippen MR) is 96.2 cm³/mol. The second kappa shape index (κ2) is 6.19. The lowest BCUT2D eigenvalue weighted by atomic mass is 9.97. The van der Waals surface area contributed by atoms with Gasteiger partial charge in [0.25, 0.3) is 5.91 Å². The Morgan fingerprint density at radius 3 is 2.32 bits per heavy atom. The van der Waals surface area contributed by atoms with Gasteiger partial charge in [-0.1, -0.05) is 31.0 Å². The van der Waals surface area contributed by atoms with E-state index in [1.54, 1.807) is 0 Å². The van der Waals surface area contributed by atoms with Crippen LogP contribution in [0.3, 0.4) is 0 Å². The molecule has 6 heteroatoms. The number of H-pyrrole nitrogens is 1. The van der Waals surface area contributed by atoms with Gasteiger partial charge < -0.3 is 20.5 Å². The summed E-state index contributed by atoms with van der Waals surface area (Å²) in [4.78, 5) is 32.2. The smallest absolute Gasteiger partial charge is 0.270 e. The number of aromatic amines is 1. The van der Waals surface area contributed by atoms with Crippen molar-refractivity contribution >= 4 is 22.7 Å². The number of carbonyl (C=O) groups excluding carboxylic acids is 2. The third-order valence-electron chi connectivity index (χ3n) is 5.54. The summed E-state index contributed by atoms with van der Waals surface area (Å²) in [7, 11) is 0. The number of nitrogens with one attached hydrogen (secondary N) is 1. The molecule has 4 rings (SSSR count). The van der Waals surface area contributed by atoms with Gasteiger partial charge >= 0.3 is 0 Å². The zero-order valence-electron chi connectivity index (χ0n) is 14.3. The number of fused-ring (bicyclic) bond motifs is 1. The van der Waals surface area contributed by atoms with E-state index < -0.39 is 5.54 Å². The molecule has 2 aliphatic rings. The van der Waals surface area contributed by atoms with Crippen molar-refractivity contribution in [1.29, 1.82) is 0 Å². The molecular formula is C19H24N4O2. The maximum atomic E-state index is 12.7. The van der Waals surface area contributed by atoms with Crippen LogP contribution in [0.2, 0.25) is 0 Å². The molecule has 0 unspecified atom stereocenters. The van der Waals surface area contributed by atoms with E-state index in [0.717, 1.165) is 36.6 Å². The molecule has 1 aliphatic heterocycles. The Bertz CT molecular complexity index is 766. The van der Waals surface area contributed by atoms with Crippen LogP contribution < -0.4 is 5.73 Å². The molecule has 0 radical (unpaired) electrons. The van der Waals surface area contributed by atoms with Crippen molar-refractivity contribution in [3.63, 3.8) is 0 Å². The van der Waals surface area contributed by atoms with Gasteiger partial charge in [0.05, 0.1) is 5.54 Å². The van der Waals surface area contributed by atoms with Gasteiger partial charge in [-0.15, -0.1) is 0 Å². The number of rotatable bonds is 2. The number of nitrogens with two attached hydrogens (primary N) is 1. The molecule has 1 saturated heterocycles.